The molecule has 0 bridgehead atoms. The SMILES string of the molecule is CCc1nc(-c2cccc(Br)c2)[nH]c(=O)c1C. The van der Waals surface area contributed by atoms with Crippen LogP contribution in [-0.4, -0.2) is 9.97 Å². The lowest BCUT2D eigenvalue weighted by Crippen LogP contribution is -2.15. The van der Waals surface area contributed by atoms with Gasteiger partial charge in [0.05, 0.1) is 5.69 Å². The first-order valence-corrected chi connectivity index (χ1v) is 6.27. The summed E-state index contributed by atoms with van der Waals surface area (Å²) < 4.78 is 0.969. The van der Waals surface area contributed by atoms with E-state index in [4.69, 9.17) is 0 Å². The topological polar surface area (TPSA) is 45.8 Å². The molecule has 1 aromatic heterocycles. The predicted molar refractivity (Wildman–Crippen MR) is 72.1 cm³/mol. The minimum atomic E-state index is -0.0631. The first-order valence-electron chi connectivity index (χ1n) is 5.47. The molecule has 0 aliphatic rings. The fourth-order valence-corrected chi connectivity index (χ4v) is 2.10. The molecular formula is C13H13BrN2O. The fourth-order valence-electron chi connectivity index (χ4n) is 1.70. The van der Waals surface area contributed by atoms with E-state index >= 15 is 0 Å². The van der Waals surface area contributed by atoms with Gasteiger partial charge in [0, 0.05) is 15.6 Å². The van der Waals surface area contributed by atoms with E-state index in [2.05, 4.69) is 25.9 Å². The molecule has 0 atom stereocenters. The van der Waals surface area contributed by atoms with Gasteiger partial charge in [0.15, 0.2) is 0 Å². The van der Waals surface area contributed by atoms with E-state index < -0.39 is 0 Å². The maximum absolute atomic E-state index is 11.8. The van der Waals surface area contributed by atoms with Crippen molar-refractivity contribution >= 4 is 15.9 Å². The van der Waals surface area contributed by atoms with Crippen LogP contribution in [0, 0.1) is 6.92 Å². The lowest BCUT2D eigenvalue weighted by Gasteiger charge is -2.06. The summed E-state index contributed by atoms with van der Waals surface area (Å²) in [5, 5.41) is 0. The van der Waals surface area contributed by atoms with E-state index in [1.807, 2.05) is 31.2 Å². The molecule has 0 saturated carbocycles. The zero-order valence-corrected chi connectivity index (χ0v) is 11.3. The highest BCUT2D eigenvalue weighted by Gasteiger charge is 2.07. The molecule has 0 fully saturated rings. The van der Waals surface area contributed by atoms with Gasteiger partial charge in [-0.3, -0.25) is 4.79 Å². The van der Waals surface area contributed by atoms with Crippen molar-refractivity contribution in [2.75, 3.05) is 0 Å². The molecule has 0 amide bonds. The number of nitrogens with one attached hydrogen (secondary N) is 1. The van der Waals surface area contributed by atoms with Crippen molar-refractivity contribution in [3.05, 3.63) is 50.3 Å². The van der Waals surface area contributed by atoms with Crippen LogP contribution in [0.5, 0.6) is 0 Å². The summed E-state index contributed by atoms with van der Waals surface area (Å²) in [7, 11) is 0. The summed E-state index contributed by atoms with van der Waals surface area (Å²) in [4.78, 5) is 19.1. The standard InChI is InChI=1S/C13H13BrN2O/c1-3-11-8(2)13(17)16-12(15-11)9-5-4-6-10(14)7-9/h4-7H,3H2,1-2H3,(H,15,16,17). The molecule has 88 valence electrons. The number of aromatic nitrogens is 2. The normalized spacial score (nSPS) is 10.5. The van der Waals surface area contributed by atoms with Crippen LogP contribution < -0.4 is 5.56 Å². The number of hydrogen-bond donors (Lipinski definition) is 1. The van der Waals surface area contributed by atoms with Crippen LogP contribution in [0.15, 0.2) is 33.5 Å². The van der Waals surface area contributed by atoms with Gasteiger partial charge in [-0.25, -0.2) is 4.98 Å². The first-order chi connectivity index (χ1) is 8.11. The summed E-state index contributed by atoms with van der Waals surface area (Å²) in [5.74, 6) is 0.624. The van der Waals surface area contributed by atoms with Crippen LogP contribution in [0.4, 0.5) is 0 Å². The number of nitrogens with zero attached hydrogens (tertiary/aromatic N) is 1. The smallest absolute Gasteiger partial charge is 0.254 e. The second-order valence-electron chi connectivity index (χ2n) is 3.85. The summed E-state index contributed by atoms with van der Waals surface area (Å²) in [5.41, 5.74) is 2.40. The van der Waals surface area contributed by atoms with Gasteiger partial charge >= 0.3 is 0 Å². The minimum absolute atomic E-state index is 0.0631. The van der Waals surface area contributed by atoms with Crippen molar-refractivity contribution in [1.82, 2.24) is 9.97 Å². The molecule has 3 nitrogen and oxygen atoms in total. The van der Waals surface area contributed by atoms with Gasteiger partial charge < -0.3 is 4.98 Å². The molecule has 0 radical (unpaired) electrons. The van der Waals surface area contributed by atoms with Crippen LogP contribution in [0.1, 0.15) is 18.2 Å². The second kappa shape index (κ2) is 4.84. The maximum atomic E-state index is 11.8. The van der Waals surface area contributed by atoms with Gasteiger partial charge in [-0.15, -0.1) is 0 Å². The van der Waals surface area contributed by atoms with Gasteiger partial charge in [0.2, 0.25) is 0 Å². The molecule has 0 spiro atoms. The third kappa shape index (κ3) is 2.47. The lowest BCUT2D eigenvalue weighted by molar-refractivity contribution is 0.955. The molecule has 1 heterocycles. The third-order valence-electron chi connectivity index (χ3n) is 2.69. The number of aryl methyl sites for hydroxylation is 1. The summed E-state index contributed by atoms with van der Waals surface area (Å²) in [6.45, 7) is 3.80. The van der Waals surface area contributed by atoms with E-state index in [0.29, 0.717) is 11.4 Å². The molecule has 0 aliphatic heterocycles. The van der Waals surface area contributed by atoms with Gasteiger partial charge in [0.25, 0.3) is 5.56 Å². The van der Waals surface area contributed by atoms with Crippen molar-refractivity contribution in [3.8, 4) is 11.4 Å². The zero-order chi connectivity index (χ0) is 12.4. The Bertz CT molecular complexity index is 605. The number of benzene rings is 1. The molecule has 17 heavy (non-hydrogen) atoms. The van der Waals surface area contributed by atoms with Crippen molar-refractivity contribution in [2.45, 2.75) is 20.3 Å². The van der Waals surface area contributed by atoms with Gasteiger partial charge in [-0.05, 0) is 25.5 Å². The highest BCUT2D eigenvalue weighted by molar-refractivity contribution is 9.10. The van der Waals surface area contributed by atoms with E-state index in [0.717, 1.165) is 22.2 Å². The lowest BCUT2D eigenvalue weighted by atomic mass is 10.1. The van der Waals surface area contributed by atoms with Gasteiger partial charge in [0.1, 0.15) is 5.82 Å². The number of rotatable bonds is 2. The van der Waals surface area contributed by atoms with Crippen LogP contribution in [0.3, 0.4) is 0 Å². The average molecular weight is 293 g/mol. The van der Waals surface area contributed by atoms with E-state index in [9.17, 15) is 4.79 Å². The number of H-pyrrole nitrogens is 1. The summed E-state index contributed by atoms with van der Waals surface area (Å²) in [6, 6.07) is 7.73. The largest absolute Gasteiger partial charge is 0.306 e. The number of hydrogen-bond acceptors (Lipinski definition) is 2. The summed E-state index contributed by atoms with van der Waals surface area (Å²) in [6.07, 6.45) is 0.761. The Hall–Kier alpha value is -1.42. The minimum Gasteiger partial charge on any atom is -0.306 e. The van der Waals surface area contributed by atoms with Crippen LogP contribution >= 0.6 is 15.9 Å². The Morgan fingerprint density at radius 1 is 1.41 bits per heavy atom. The molecule has 2 aromatic rings. The molecule has 2 rings (SSSR count). The number of halogens is 1. The zero-order valence-electron chi connectivity index (χ0n) is 9.75. The third-order valence-corrected chi connectivity index (χ3v) is 3.18. The first kappa shape index (κ1) is 12.0. The summed E-state index contributed by atoms with van der Waals surface area (Å²) >= 11 is 3.41. The van der Waals surface area contributed by atoms with E-state index in [-0.39, 0.29) is 5.56 Å². The Morgan fingerprint density at radius 3 is 2.82 bits per heavy atom. The maximum Gasteiger partial charge on any atom is 0.254 e. The van der Waals surface area contributed by atoms with Gasteiger partial charge in [-0.1, -0.05) is 35.0 Å². The van der Waals surface area contributed by atoms with Crippen LogP contribution in [-0.2, 0) is 6.42 Å². The van der Waals surface area contributed by atoms with Crippen molar-refractivity contribution < 1.29 is 0 Å². The molecule has 0 aliphatic carbocycles. The van der Waals surface area contributed by atoms with Gasteiger partial charge in [-0.2, -0.15) is 0 Å². The molecule has 4 heteroatoms. The van der Waals surface area contributed by atoms with Crippen LogP contribution in [0.25, 0.3) is 11.4 Å². The molecule has 1 N–H and O–H groups in total. The predicted octanol–water partition coefficient (Wildman–Crippen LogP) is 3.07. The van der Waals surface area contributed by atoms with Crippen molar-refractivity contribution in [2.24, 2.45) is 0 Å². The highest BCUT2D eigenvalue weighted by atomic mass is 79.9. The molecule has 0 saturated heterocycles. The average Bonchev–Trinajstić information content (AvgIpc) is 2.32. The Labute approximate surface area is 108 Å². The van der Waals surface area contributed by atoms with E-state index in [1.54, 1.807) is 6.92 Å². The van der Waals surface area contributed by atoms with Crippen molar-refractivity contribution in [3.63, 3.8) is 0 Å². The Kier molecular flexibility index (Phi) is 3.43. The van der Waals surface area contributed by atoms with E-state index in [1.165, 1.54) is 0 Å². The highest BCUT2D eigenvalue weighted by Crippen LogP contribution is 2.19. The van der Waals surface area contributed by atoms with Crippen molar-refractivity contribution in [1.29, 1.82) is 0 Å². The fraction of sp³-hybridized carbons (Fsp3) is 0.231. The molecular weight excluding hydrogens is 280 g/mol. The quantitative estimate of drug-likeness (QED) is 0.925. The second-order valence-corrected chi connectivity index (χ2v) is 4.77. The number of aromatic amines is 1. The van der Waals surface area contributed by atoms with Crippen LogP contribution in [0.2, 0.25) is 0 Å². The Morgan fingerprint density at radius 2 is 2.18 bits per heavy atom. The Balaban J connectivity index is 2.61. The molecule has 1 aromatic carbocycles. The molecule has 0 unspecified atom stereocenters. The monoisotopic (exact) mass is 292 g/mol.